The second-order valence-corrected chi connectivity index (χ2v) is 9.09. The fourth-order valence-electron chi connectivity index (χ4n) is 5.05. The topological polar surface area (TPSA) is 165 Å². The van der Waals surface area contributed by atoms with Crippen molar-refractivity contribution in [3.05, 3.63) is 52.1 Å². The fourth-order valence-corrected chi connectivity index (χ4v) is 5.05. The van der Waals surface area contributed by atoms with Crippen LogP contribution in [0, 0.1) is 0 Å². The van der Waals surface area contributed by atoms with E-state index in [0.29, 0.717) is 34.6 Å². The van der Waals surface area contributed by atoms with E-state index in [1.165, 1.54) is 14.2 Å². The maximum Gasteiger partial charge on any atom is 0.335 e. The molecule has 0 fully saturated rings. The normalized spacial score (nSPS) is 20.2. The lowest BCUT2D eigenvalue weighted by atomic mass is 9.73. The third-order valence-corrected chi connectivity index (χ3v) is 6.95. The molecule has 11 heteroatoms. The molecule has 3 atom stereocenters. The van der Waals surface area contributed by atoms with Gasteiger partial charge in [0.05, 0.1) is 25.8 Å². The zero-order valence-electron chi connectivity index (χ0n) is 20.5. The number of fused-ring (bicyclic) bond motifs is 2. The van der Waals surface area contributed by atoms with Gasteiger partial charge < -0.3 is 45.6 Å². The molecule has 0 saturated carbocycles. The quantitative estimate of drug-likeness (QED) is 0.380. The van der Waals surface area contributed by atoms with Gasteiger partial charge in [0.2, 0.25) is 18.4 Å². The molecular formula is C26H29N3O8. The molecule has 196 valence electrons. The zero-order chi connectivity index (χ0) is 26.3. The summed E-state index contributed by atoms with van der Waals surface area (Å²) in [5, 5.41) is 13.5. The number of amides is 1. The average Bonchev–Trinajstić information content (AvgIpc) is 3.52. The van der Waals surface area contributed by atoms with Crippen molar-refractivity contribution in [1.29, 1.82) is 0 Å². The van der Waals surface area contributed by atoms with E-state index in [0.717, 1.165) is 11.1 Å². The first-order chi connectivity index (χ1) is 17.9. The van der Waals surface area contributed by atoms with Crippen LogP contribution in [-0.2, 0) is 14.3 Å². The summed E-state index contributed by atoms with van der Waals surface area (Å²) in [7, 11) is 2.86. The summed E-state index contributed by atoms with van der Waals surface area (Å²) in [5.74, 6) is -0.0216. The van der Waals surface area contributed by atoms with E-state index in [-0.39, 0.29) is 55.6 Å². The number of esters is 1. The van der Waals surface area contributed by atoms with Crippen LogP contribution in [0.5, 0.6) is 28.7 Å². The predicted molar refractivity (Wildman–Crippen MR) is 131 cm³/mol. The lowest BCUT2D eigenvalue weighted by Crippen LogP contribution is -2.36. The Morgan fingerprint density at radius 1 is 1.11 bits per heavy atom. The largest absolute Gasteiger partial charge is 0.502 e. The predicted octanol–water partition coefficient (Wildman–Crippen LogP) is 1.36. The van der Waals surface area contributed by atoms with Crippen molar-refractivity contribution in [3.8, 4) is 28.7 Å². The summed E-state index contributed by atoms with van der Waals surface area (Å²) in [5.41, 5.74) is 14.6. The van der Waals surface area contributed by atoms with E-state index in [1.54, 1.807) is 12.1 Å². The summed E-state index contributed by atoms with van der Waals surface area (Å²) in [6, 6.07) is 6.04. The summed E-state index contributed by atoms with van der Waals surface area (Å²) in [6.45, 7) is 0.368. The van der Waals surface area contributed by atoms with Crippen LogP contribution >= 0.6 is 0 Å². The number of aromatic hydroxyl groups is 1. The molecule has 0 spiro atoms. The van der Waals surface area contributed by atoms with Crippen LogP contribution in [0.15, 0.2) is 35.4 Å². The van der Waals surface area contributed by atoms with Gasteiger partial charge in [0.15, 0.2) is 23.0 Å². The van der Waals surface area contributed by atoms with Crippen molar-refractivity contribution in [2.24, 2.45) is 11.5 Å². The van der Waals surface area contributed by atoms with Crippen LogP contribution in [0.2, 0.25) is 0 Å². The first-order valence-corrected chi connectivity index (χ1v) is 11.9. The summed E-state index contributed by atoms with van der Waals surface area (Å²) >= 11 is 0. The maximum absolute atomic E-state index is 13.1. The minimum absolute atomic E-state index is 0.0260. The summed E-state index contributed by atoms with van der Waals surface area (Å²) < 4.78 is 27.5. The molecule has 0 unspecified atom stereocenters. The highest BCUT2D eigenvalue weighted by atomic mass is 16.7. The Balaban J connectivity index is 1.65. The number of methoxy groups -OCH3 is 2. The van der Waals surface area contributed by atoms with Crippen molar-refractivity contribution in [2.45, 2.75) is 30.8 Å². The number of nitrogens with two attached hydrogens (primary N) is 2. The Morgan fingerprint density at radius 2 is 1.76 bits per heavy atom. The monoisotopic (exact) mass is 511 g/mol. The molecule has 11 nitrogen and oxygen atoms in total. The van der Waals surface area contributed by atoms with E-state index < -0.39 is 17.9 Å². The Morgan fingerprint density at radius 3 is 2.38 bits per heavy atom. The highest BCUT2D eigenvalue weighted by molar-refractivity contribution is 5.96. The number of hydrogen-bond donors (Lipinski definition) is 4. The van der Waals surface area contributed by atoms with Crippen molar-refractivity contribution in [2.75, 3.05) is 34.2 Å². The van der Waals surface area contributed by atoms with E-state index in [4.69, 9.17) is 35.2 Å². The molecule has 0 saturated heterocycles. The minimum atomic E-state index is -0.621. The molecule has 0 bridgehead atoms. The van der Waals surface area contributed by atoms with Gasteiger partial charge in [0, 0.05) is 30.5 Å². The van der Waals surface area contributed by atoms with Gasteiger partial charge in [-0.1, -0.05) is 0 Å². The van der Waals surface area contributed by atoms with E-state index >= 15 is 0 Å². The molecule has 1 aliphatic carbocycles. The summed E-state index contributed by atoms with van der Waals surface area (Å²) in [4.78, 5) is 26.0. The molecular weight excluding hydrogens is 482 g/mol. The third kappa shape index (κ3) is 4.30. The molecule has 3 aliphatic rings. The Hall–Kier alpha value is -3.96. The van der Waals surface area contributed by atoms with Gasteiger partial charge in [-0.15, -0.1) is 0 Å². The number of ether oxygens (including phenoxy) is 5. The van der Waals surface area contributed by atoms with Gasteiger partial charge in [0.25, 0.3) is 0 Å². The van der Waals surface area contributed by atoms with Crippen molar-refractivity contribution in [3.63, 3.8) is 0 Å². The van der Waals surface area contributed by atoms with Gasteiger partial charge in [-0.05, 0) is 47.4 Å². The Kier molecular flexibility index (Phi) is 6.57. The van der Waals surface area contributed by atoms with E-state index in [1.807, 2.05) is 12.1 Å². The second kappa shape index (κ2) is 9.83. The number of cyclic esters (lactones) is 1. The zero-order valence-corrected chi connectivity index (χ0v) is 20.5. The smallest absolute Gasteiger partial charge is 0.335 e. The SMILES string of the molecule is COc1cc([C@H]2C3=C(COC3=O)[C@H](NC(=O)CC[C@@H](N)CN)c3cc4c(cc32)OCO4)cc(OC)c1O. The van der Waals surface area contributed by atoms with Crippen LogP contribution in [0.1, 0.15) is 41.5 Å². The number of carbonyl (C=O) groups excluding carboxylic acids is 2. The fraction of sp³-hybridized carbons (Fsp3) is 0.385. The highest BCUT2D eigenvalue weighted by Gasteiger charge is 2.44. The summed E-state index contributed by atoms with van der Waals surface area (Å²) in [6.07, 6.45) is 0.613. The molecule has 0 aromatic heterocycles. The molecule has 2 aromatic carbocycles. The van der Waals surface area contributed by atoms with Gasteiger partial charge in [-0.25, -0.2) is 4.79 Å². The number of nitrogens with one attached hydrogen (secondary N) is 1. The number of phenols is 1. The number of hydrogen-bond acceptors (Lipinski definition) is 10. The molecule has 6 N–H and O–H groups in total. The average molecular weight is 512 g/mol. The minimum Gasteiger partial charge on any atom is -0.502 e. The van der Waals surface area contributed by atoms with Gasteiger partial charge >= 0.3 is 5.97 Å². The molecule has 2 heterocycles. The second-order valence-electron chi connectivity index (χ2n) is 9.09. The van der Waals surface area contributed by atoms with E-state index in [2.05, 4.69) is 5.32 Å². The first-order valence-electron chi connectivity index (χ1n) is 11.9. The Labute approximate surface area is 213 Å². The molecule has 0 radical (unpaired) electrons. The van der Waals surface area contributed by atoms with E-state index in [9.17, 15) is 14.7 Å². The lowest BCUT2D eigenvalue weighted by molar-refractivity contribution is -0.136. The first kappa shape index (κ1) is 24.7. The van der Waals surface area contributed by atoms with Crippen molar-refractivity contribution in [1.82, 2.24) is 5.32 Å². The molecule has 37 heavy (non-hydrogen) atoms. The van der Waals surface area contributed by atoms with Crippen LogP contribution in [-0.4, -0.2) is 57.2 Å². The number of benzene rings is 2. The van der Waals surface area contributed by atoms with Crippen LogP contribution in [0.3, 0.4) is 0 Å². The van der Waals surface area contributed by atoms with Crippen molar-refractivity contribution < 1.29 is 38.4 Å². The third-order valence-electron chi connectivity index (χ3n) is 6.95. The van der Waals surface area contributed by atoms with Gasteiger partial charge in [-0.3, -0.25) is 4.79 Å². The van der Waals surface area contributed by atoms with Crippen LogP contribution in [0.25, 0.3) is 0 Å². The lowest BCUT2D eigenvalue weighted by Gasteiger charge is -2.33. The standard InChI is InChI=1S/C26H29N3O8/c1-33-19-5-12(6-20(34-2)25(19)31)22-14-7-17-18(37-11-36-17)8-15(14)24(16-10-35-26(32)23(16)22)29-21(30)4-3-13(28)9-27/h5-8,13,22,24,31H,3-4,9-11,27-28H2,1-2H3,(H,29,30)/t13-,22-,24-/m1/s1. The van der Waals surface area contributed by atoms with Gasteiger partial charge in [0.1, 0.15) is 6.61 Å². The number of carbonyl (C=O) groups is 2. The maximum atomic E-state index is 13.1. The van der Waals surface area contributed by atoms with Crippen molar-refractivity contribution >= 4 is 11.9 Å². The molecule has 5 rings (SSSR count). The molecule has 1 amide bonds. The molecule has 2 aromatic rings. The Bertz CT molecular complexity index is 1270. The highest BCUT2D eigenvalue weighted by Crippen LogP contribution is 2.53. The molecule has 2 aliphatic heterocycles. The number of rotatable bonds is 8. The van der Waals surface area contributed by atoms with Crippen LogP contribution in [0.4, 0.5) is 0 Å². The van der Waals surface area contributed by atoms with Gasteiger partial charge in [-0.2, -0.15) is 0 Å². The van der Waals surface area contributed by atoms with Crippen LogP contribution < -0.4 is 35.7 Å². The number of phenolic OH excluding ortho intramolecular Hbond substituents is 1.